The van der Waals surface area contributed by atoms with Gasteiger partial charge in [0.1, 0.15) is 5.60 Å². The Bertz CT molecular complexity index is 1340. The van der Waals surface area contributed by atoms with Crippen LogP contribution in [0.2, 0.25) is 0 Å². The van der Waals surface area contributed by atoms with E-state index in [0.29, 0.717) is 10.6 Å². The minimum Gasteiger partial charge on any atom is -0.478 e. The van der Waals surface area contributed by atoms with E-state index in [-0.39, 0.29) is 17.5 Å². The zero-order valence-electron chi connectivity index (χ0n) is 24.3. The number of amides is 1. The molecular formula is C32H40N2O4S. The molecule has 0 fully saturated rings. The molecule has 39 heavy (non-hydrogen) atoms. The van der Waals surface area contributed by atoms with Crippen LogP contribution < -0.4 is 5.32 Å². The van der Waals surface area contributed by atoms with Crippen LogP contribution in [0.25, 0.3) is 11.1 Å². The number of nitrogens with one attached hydrogen (secondary N) is 1. The summed E-state index contributed by atoms with van der Waals surface area (Å²) in [5, 5.41) is 12.7. The van der Waals surface area contributed by atoms with E-state index in [1.54, 1.807) is 12.1 Å². The summed E-state index contributed by atoms with van der Waals surface area (Å²) in [6.07, 6.45) is 0.249. The molecule has 0 spiro atoms. The molecule has 0 bridgehead atoms. The molecule has 0 saturated heterocycles. The Morgan fingerprint density at radius 2 is 1.59 bits per heavy atom. The molecule has 3 rings (SSSR count). The summed E-state index contributed by atoms with van der Waals surface area (Å²) in [7, 11) is 0. The molecule has 0 aliphatic rings. The lowest BCUT2D eigenvalue weighted by Gasteiger charge is -2.26. The van der Waals surface area contributed by atoms with Crippen molar-refractivity contribution in [2.75, 3.05) is 0 Å². The molecular weight excluding hydrogens is 508 g/mol. The second-order valence-corrected chi connectivity index (χ2v) is 13.0. The Morgan fingerprint density at radius 3 is 2.18 bits per heavy atom. The zero-order valence-corrected chi connectivity index (χ0v) is 25.1. The number of alkyl carbamates (subject to hydrolysis) is 1. The van der Waals surface area contributed by atoms with Gasteiger partial charge in [-0.25, -0.2) is 9.59 Å². The van der Waals surface area contributed by atoms with Gasteiger partial charge < -0.3 is 15.2 Å². The molecule has 1 amide bonds. The van der Waals surface area contributed by atoms with Crippen LogP contribution in [0.1, 0.15) is 80.0 Å². The van der Waals surface area contributed by atoms with Gasteiger partial charge in [0.25, 0.3) is 0 Å². The smallest absolute Gasteiger partial charge is 0.407 e. The Hall–Kier alpha value is -3.32. The topological polar surface area (TPSA) is 88.5 Å². The first kappa shape index (κ1) is 30.2. The van der Waals surface area contributed by atoms with Crippen LogP contribution in [0.15, 0.2) is 53.4 Å². The van der Waals surface area contributed by atoms with Crippen molar-refractivity contribution in [2.45, 2.75) is 84.6 Å². The highest BCUT2D eigenvalue weighted by Gasteiger charge is 2.25. The summed E-state index contributed by atoms with van der Waals surface area (Å²) in [6, 6.07) is 15.4. The first-order chi connectivity index (χ1) is 18.1. The largest absolute Gasteiger partial charge is 0.478 e. The molecule has 208 valence electrons. The predicted octanol–water partition coefficient (Wildman–Crippen LogP) is 7.97. The third-order valence-electron chi connectivity index (χ3n) is 6.03. The van der Waals surface area contributed by atoms with Gasteiger partial charge in [0, 0.05) is 34.1 Å². The number of ether oxygens (including phenoxy) is 1. The predicted molar refractivity (Wildman–Crippen MR) is 158 cm³/mol. The van der Waals surface area contributed by atoms with Crippen molar-refractivity contribution in [1.82, 2.24) is 10.3 Å². The number of carbonyl (C=O) groups is 2. The molecule has 1 heterocycles. The van der Waals surface area contributed by atoms with Crippen LogP contribution in [-0.4, -0.2) is 27.8 Å². The van der Waals surface area contributed by atoms with Crippen molar-refractivity contribution < 1.29 is 19.4 Å². The van der Waals surface area contributed by atoms with Crippen molar-refractivity contribution in [2.24, 2.45) is 5.41 Å². The third kappa shape index (κ3) is 8.59. The molecule has 2 aromatic carbocycles. The number of hydrogen-bond acceptors (Lipinski definition) is 5. The average molecular weight is 549 g/mol. The number of nitrogens with zero attached hydrogens (tertiary/aromatic N) is 1. The minimum absolute atomic E-state index is 0.0264. The number of carboxylic acid groups (broad SMARTS) is 1. The van der Waals surface area contributed by atoms with E-state index in [4.69, 9.17) is 9.72 Å². The lowest BCUT2D eigenvalue weighted by Crippen LogP contribution is -2.33. The van der Waals surface area contributed by atoms with Crippen LogP contribution in [0.5, 0.6) is 0 Å². The number of carboxylic acids is 1. The van der Waals surface area contributed by atoms with Gasteiger partial charge in [-0.15, -0.1) is 11.8 Å². The summed E-state index contributed by atoms with van der Waals surface area (Å²) < 4.78 is 5.53. The highest BCUT2D eigenvalue weighted by Crippen LogP contribution is 2.38. The normalized spacial score (nSPS) is 11.8. The van der Waals surface area contributed by atoms with Crippen molar-refractivity contribution in [1.29, 1.82) is 0 Å². The summed E-state index contributed by atoms with van der Waals surface area (Å²) in [5.41, 5.74) is 6.65. The molecule has 0 unspecified atom stereocenters. The number of hydrogen-bond donors (Lipinski definition) is 2. The Balaban J connectivity index is 2.16. The molecule has 0 aliphatic heterocycles. The molecule has 1 aromatic heterocycles. The SMILES string of the molecule is Cc1ccc(-c2c(CSc3ccccc3C(=O)O)c(C)nc(CC(C)(C)C)c2CNC(=O)OC(C)(C)C)cc1. The fourth-order valence-electron chi connectivity index (χ4n) is 4.32. The summed E-state index contributed by atoms with van der Waals surface area (Å²) in [4.78, 5) is 30.3. The van der Waals surface area contributed by atoms with Gasteiger partial charge in [-0.05, 0) is 75.3 Å². The van der Waals surface area contributed by atoms with E-state index in [1.807, 2.05) is 39.8 Å². The molecule has 0 atom stereocenters. The van der Waals surface area contributed by atoms with Crippen LogP contribution in [0.3, 0.4) is 0 Å². The number of aryl methyl sites for hydroxylation is 2. The zero-order chi connectivity index (χ0) is 29.0. The Labute approximate surface area is 236 Å². The molecule has 2 N–H and O–H groups in total. The Morgan fingerprint density at radius 1 is 0.949 bits per heavy atom. The van der Waals surface area contributed by atoms with E-state index in [0.717, 1.165) is 45.6 Å². The lowest BCUT2D eigenvalue weighted by atomic mass is 9.85. The highest BCUT2D eigenvalue weighted by atomic mass is 32.2. The van der Waals surface area contributed by atoms with E-state index < -0.39 is 17.7 Å². The molecule has 0 radical (unpaired) electrons. The Kier molecular flexibility index (Phi) is 9.49. The first-order valence-electron chi connectivity index (χ1n) is 13.1. The molecule has 0 aliphatic carbocycles. The maximum Gasteiger partial charge on any atom is 0.407 e. The van der Waals surface area contributed by atoms with Gasteiger partial charge in [-0.2, -0.15) is 0 Å². The van der Waals surface area contributed by atoms with Crippen LogP contribution in [0, 0.1) is 19.3 Å². The molecule has 3 aromatic rings. The number of benzene rings is 2. The van der Waals surface area contributed by atoms with Gasteiger partial charge in [0.15, 0.2) is 0 Å². The number of thioether (sulfide) groups is 1. The van der Waals surface area contributed by atoms with Gasteiger partial charge in [0.05, 0.1) is 5.56 Å². The first-order valence-corrected chi connectivity index (χ1v) is 14.1. The standard InChI is InChI=1S/C32H40N2O4S/c1-20-13-15-22(16-14-20)28-24(18-33-30(37)38-32(6,7)8)26(17-31(3,4)5)34-21(2)25(28)19-39-27-12-10-9-11-23(27)29(35)36/h9-16H,17-19H2,1-8H3,(H,33,37)(H,35,36). The summed E-state index contributed by atoms with van der Waals surface area (Å²) >= 11 is 1.48. The van der Waals surface area contributed by atoms with Crippen LogP contribution in [0.4, 0.5) is 4.79 Å². The molecule has 0 saturated carbocycles. The number of rotatable bonds is 8. The monoisotopic (exact) mass is 548 g/mol. The number of aromatic carboxylic acids is 1. The summed E-state index contributed by atoms with van der Waals surface area (Å²) in [5.74, 6) is -0.420. The highest BCUT2D eigenvalue weighted by molar-refractivity contribution is 7.98. The van der Waals surface area contributed by atoms with Crippen molar-refractivity contribution in [3.05, 3.63) is 82.2 Å². The minimum atomic E-state index is -0.950. The number of carbonyl (C=O) groups excluding carboxylic acids is 1. The van der Waals surface area contributed by atoms with Crippen molar-refractivity contribution in [3.63, 3.8) is 0 Å². The number of pyridine rings is 1. The quantitative estimate of drug-likeness (QED) is 0.278. The fourth-order valence-corrected chi connectivity index (χ4v) is 5.46. The van der Waals surface area contributed by atoms with E-state index in [9.17, 15) is 14.7 Å². The van der Waals surface area contributed by atoms with Crippen molar-refractivity contribution in [3.8, 4) is 11.1 Å². The van der Waals surface area contributed by atoms with Gasteiger partial charge >= 0.3 is 12.1 Å². The van der Waals surface area contributed by atoms with E-state index in [2.05, 4.69) is 57.3 Å². The van der Waals surface area contributed by atoms with Gasteiger partial charge in [-0.1, -0.05) is 62.7 Å². The van der Waals surface area contributed by atoms with Crippen LogP contribution in [-0.2, 0) is 23.5 Å². The maximum absolute atomic E-state index is 12.7. The molecule has 7 heteroatoms. The van der Waals surface area contributed by atoms with Gasteiger partial charge in [-0.3, -0.25) is 4.98 Å². The lowest BCUT2D eigenvalue weighted by molar-refractivity contribution is 0.0523. The third-order valence-corrected chi connectivity index (χ3v) is 7.13. The molecule has 6 nitrogen and oxygen atoms in total. The van der Waals surface area contributed by atoms with Crippen LogP contribution >= 0.6 is 11.8 Å². The average Bonchev–Trinajstić information content (AvgIpc) is 2.81. The van der Waals surface area contributed by atoms with Gasteiger partial charge in [0.2, 0.25) is 0 Å². The number of aromatic nitrogens is 1. The fraction of sp³-hybridized carbons (Fsp3) is 0.406. The second-order valence-electron chi connectivity index (χ2n) is 12.0. The maximum atomic E-state index is 12.7. The van der Waals surface area contributed by atoms with E-state index in [1.165, 1.54) is 11.8 Å². The summed E-state index contributed by atoms with van der Waals surface area (Å²) in [6.45, 7) is 16.4. The van der Waals surface area contributed by atoms with Crippen molar-refractivity contribution >= 4 is 23.8 Å². The second kappa shape index (κ2) is 12.2. The van der Waals surface area contributed by atoms with E-state index >= 15 is 0 Å².